The summed E-state index contributed by atoms with van der Waals surface area (Å²) >= 11 is 3.44. The largest absolute Gasteiger partial charge is 0.347 e. The molecular formula is C20H20BrN3O3. The number of carbonyl (C=O) groups excluding carboxylic acids is 3. The summed E-state index contributed by atoms with van der Waals surface area (Å²) in [5, 5.41) is 5.33. The Morgan fingerprint density at radius 2 is 1.93 bits per heavy atom. The number of anilines is 2. The Bertz CT molecular complexity index is 870. The Hall–Kier alpha value is -2.67. The zero-order valence-corrected chi connectivity index (χ0v) is 16.5. The standard InChI is InChI=1S/C20H20BrN3O3/c1-13-9-16(7-8-17(13)21)24-12-14(10-19(24)26)20(27)22-11-18(25)23-15-5-3-2-4-6-15/h2-9,14H,10-12H2,1H3,(H,22,27)(H,23,25). The molecule has 0 radical (unpaired) electrons. The van der Waals surface area contributed by atoms with Gasteiger partial charge in [0.25, 0.3) is 0 Å². The molecule has 6 nitrogen and oxygen atoms in total. The maximum absolute atomic E-state index is 12.4. The molecule has 1 fully saturated rings. The summed E-state index contributed by atoms with van der Waals surface area (Å²) in [4.78, 5) is 38.3. The lowest BCUT2D eigenvalue weighted by Crippen LogP contribution is -2.37. The van der Waals surface area contributed by atoms with E-state index < -0.39 is 5.92 Å². The minimum absolute atomic E-state index is 0.0920. The van der Waals surface area contributed by atoms with Crippen LogP contribution in [0.25, 0.3) is 0 Å². The van der Waals surface area contributed by atoms with Gasteiger partial charge in [-0.15, -0.1) is 0 Å². The summed E-state index contributed by atoms with van der Waals surface area (Å²) in [6, 6.07) is 14.7. The fourth-order valence-corrected chi connectivity index (χ4v) is 3.21. The number of rotatable bonds is 5. The molecule has 0 spiro atoms. The van der Waals surface area contributed by atoms with Crippen LogP contribution in [-0.2, 0) is 14.4 Å². The Kier molecular flexibility index (Phi) is 5.91. The number of benzene rings is 2. The van der Waals surface area contributed by atoms with E-state index in [1.54, 1.807) is 17.0 Å². The first-order valence-corrected chi connectivity index (χ1v) is 9.42. The fourth-order valence-electron chi connectivity index (χ4n) is 2.97. The number of hydrogen-bond acceptors (Lipinski definition) is 3. The highest BCUT2D eigenvalue weighted by atomic mass is 79.9. The maximum atomic E-state index is 12.4. The van der Waals surface area contributed by atoms with E-state index in [4.69, 9.17) is 0 Å². The third-order valence-corrected chi connectivity index (χ3v) is 5.32. The normalized spacial score (nSPS) is 16.3. The molecule has 1 aliphatic rings. The van der Waals surface area contributed by atoms with E-state index in [0.29, 0.717) is 12.2 Å². The second-order valence-electron chi connectivity index (χ2n) is 6.47. The summed E-state index contributed by atoms with van der Waals surface area (Å²) < 4.78 is 0.969. The lowest BCUT2D eigenvalue weighted by atomic mass is 10.1. The summed E-state index contributed by atoms with van der Waals surface area (Å²) in [6.45, 7) is 2.13. The molecule has 0 saturated carbocycles. The topological polar surface area (TPSA) is 78.5 Å². The minimum atomic E-state index is -0.467. The van der Waals surface area contributed by atoms with Crippen LogP contribution in [0.5, 0.6) is 0 Å². The molecule has 0 aliphatic carbocycles. The first-order valence-electron chi connectivity index (χ1n) is 8.63. The molecule has 2 aromatic rings. The Morgan fingerprint density at radius 3 is 2.63 bits per heavy atom. The molecule has 27 heavy (non-hydrogen) atoms. The van der Waals surface area contributed by atoms with E-state index in [9.17, 15) is 14.4 Å². The summed E-state index contributed by atoms with van der Waals surface area (Å²) in [5.74, 6) is -1.15. The van der Waals surface area contributed by atoms with E-state index in [2.05, 4.69) is 26.6 Å². The van der Waals surface area contributed by atoms with E-state index in [0.717, 1.165) is 15.7 Å². The molecule has 2 aromatic carbocycles. The van der Waals surface area contributed by atoms with Gasteiger partial charge in [-0.2, -0.15) is 0 Å². The smallest absolute Gasteiger partial charge is 0.243 e. The van der Waals surface area contributed by atoms with Crippen molar-refractivity contribution < 1.29 is 14.4 Å². The van der Waals surface area contributed by atoms with Gasteiger partial charge < -0.3 is 15.5 Å². The number of hydrogen-bond donors (Lipinski definition) is 2. The van der Waals surface area contributed by atoms with Gasteiger partial charge in [-0.1, -0.05) is 34.1 Å². The van der Waals surface area contributed by atoms with Crippen LogP contribution in [0, 0.1) is 12.8 Å². The number of nitrogens with one attached hydrogen (secondary N) is 2. The molecule has 1 heterocycles. The molecule has 2 N–H and O–H groups in total. The SMILES string of the molecule is Cc1cc(N2CC(C(=O)NCC(=O)Nc3ccccc3)CC2=O)ccc1Br. The van der Waals surface area contributed by atoms with Crippen LogP contribution in [-0.4, -0.2) is 30.8 Å². The second kappa shape index (κ2) is 8.35. The average molecular weight is 430 g/mol. The third-order valence-electron chi connectivity index (χ3n) is 4.43. The van der Waals surface area contributed by atoms with Crippen molar-refractivity contribution >= 4 is 45.0 Å². The lowest BCUT2D eigenvalue weighted by molar-refractivity contribution is -0.127. The van der Waals surface area contributed by atoms with Gasteiger partial charge in [0, 0.05) is 28.8 Å². The van der Waals surface area contributed by atoms with Crippen molar-refractivity contribution in [2.24, 2.45) is 5.92 Å². The van der Waals surface area contributed by atoms with Gasteiger partial charge in [0.05, 0.1) is 12.5 Å². The van der Waals surface area contributed by atoms with E-state index in [1.807, 2.05) is 43.3 Å². The summed E-state index contributed by atoms with van der Waals surface area (Å²) in [5.41, 5.74) is 2.47. The van der Waals surface area contributed by atoms with Crippen LogP contribution in [0.1, 0.15) is 12.0 Å². The van der Waals surface area contributed by atoms with Gasteiger partial charge in [0.1, 0.15) is 0 Å². The van der Waals surface area contributed by atoms with Gasteiger partial charge in [0.2, 0.25) is 17.7 Å². The molecule has 0 aromatic heterocycles. The van der Waals surface area contributed by atoms with Crippen LogP contribution >= 0.6 is 15.9 Å². The van der Waals surface area contributed by atoms with Gasteiger partial charge >= 0.3 is 0 Å². The quantitative estimate of drug-likeness (QED) is 0.766. The number of para-hydroxylation sites is 1. The predicted octanol–water partition coefficient (Wildman–Crippen LogP) is 2.87. The number of halogens is 1. The maximum Gasteiger partial charge on any atom is 0.243 e. The van der Waals surface area contributed by atoms with Gasteiger partial charge in [-0.3, -0.25) is 14.4 Å². The van der Waals surface area contributed by atoms with Gasteiger partial charge in [-0.25, -0.2) is 0 Å². The summed E-state index contributed by atoms with van der Waals surface area (Å²) in [6.07, 6.45) is 0.140. The van der Waals surface area contributed by atoms with Gasteiger partial charge in [-0.05, 0) is 42.8 Å². The first kappa shape index (κ1) is 19.1. The average Bonchev–Trinajstić information content (AvgIpc) is 3.05. The van der Waals surface area contributed by atoms with Crippen LogP contribution in [0.2, 0.25) is 0 Å². The molecule has 3 amide bonds. The summed E-state index contributed by atoms with van der Waals surface area (Å²) in [7, 11) is 0. The highest BCUT2D eigenvalue weighted by molar-refractivity contribution is 9.10. The highest BCUT2D eigenvalue weighted by Gasteiger charge is 2.35. The molecular weight excluding hydrogens is 410 g/mol. The molecule has 1 aliphatic heterocycles. The van der Waals surface area contributed by atoms with Crippen molar-refractivity contribution in [2.75, 3.05) is 23.3 Å². The number of nitrogens with zero attached hydrogens (tertiary/aromatic N) is 1. The van der Waals surface area contributed by atoms with Crippen LogP contribution in [0.15, 0.2) is 53.0 Å². The number of aryl methyl sites for hydroxylation is 1. The van der Waals surface area contributed by atoms with Crippen LogP contribution in [0.4, 0.5) is 11.4 Å². The van der Waals surface area contributed by atoms with Gasteiger partial charge in [0.15, 0.2) is 0 Å². The van der Waals surface area contributed by atoms with E-state index in [1.165, 1.54) is 0 Å². The molecule has 1 unspecified atom stereocenters. The minimum Gasteiger partial charge on any atom is -0.347 e. The van der Waals surface area contributed by atoms with Crippen molar-refractivity contribution in [3.8, 4) is 0 Å². The molecule has 140 valence electrons. The third kappa shape index (κ3) is 4.74. The molecule has 7 heteroatoms. The zero-order valence-electron chi connectivity index (χ0n) is 14.9. The Balaban J connectivity index is 1.54. The monoisotopic (exact) mass is 429 g/mol. The Morgan fingerprint density at radius 1 is 1.19 bits per heavy atom. The van der Waals surface area contributed by atoms with Crippen molar-refractivity contribution in [3.05, 3.63) is 58.6 Å². The Labute approximate surface area is 166 Å². The number of carbonyl (C=O) groups is 3. The van der Waals surface area contributed by atoms with Crippen LogP contribution in [0.3, 0.4) is 0 Å². The fraction of sp³-hybridized carbons (Fsp3) is 0.250. The molecule has 3 rings (SSSR count). The van der Waals surface area contributed by atoms with Crippen molar-refractivity contribution in [2.45, 2.75) is 13.3 Å². The first-order chi connectivity index (χ1) is 12.9. The zero-order chi connectivity index (χ0) is 19.4. The molecule has 1 saturated heterocycles. The predicted molar refractivity (Wildman–Crippen MR) is 107 cm³/mol. The van der Waals surface area contributed by atoms with Crippen LogP contribution < -0.4 is 15.5 Å². The van der Waals surface area contributed by atoms with E-state index >= 15 is 0 Å². The van der Waals surface area contributed by atoms with Crippen molar-refractivity contribution in [1.82, 2.24) is 5.32 Å². The molecule has 1 atom stereocenters. The highest BCUT2D eigenvalue weighted by Crippen LogP contribution is 2.28. The molecule has 0 bridgehead atoms. The van der Waals surface area contributed by atoms with E-state index in [-0.39, 0.29) is 30.7 Å². The number of amides is 3. The lowest BCUT2D eigenvalue weighted by Gasteiger charge is -2.17. The van der Waals surface area contributed by atoms with Crippen molar-refractivity contribution in [1.29, 1.82) is 0 Å². The van der Waals surface area contributed by atoms with Crippen molar-refractivity contribution in [3.63, 3.8) is 0 Å². The second-order valence-corrected chi connectivity index (χ2v) is 7.33.